The molecule has 0 unspecified atom stereocenters. The van der Waals surface area contributed by atoms with Crippen LogP contribution in [0.15, 0.2) is 114 Å². The van der Waals surface area contributed by atoms with E-state index in [-0.39, 0.29) is 11.0 Å². The molecule has 44 heavy (non-hydrogen) atoms. The van der Waals surface area contributed by atoms with E-state index in [0.29, 0.717) is 46.8 Å². The predicted octanol–water partition coefficient (Wildman–Crippen LogP) is 6.22. The summed E-state index contributed by atoms with van der Waals surface area (Å²) in [7, 11) is -4.04. The zero-order chi connectivity index (χ0) is 30.1. The van der Waals surface area contributed by atoms with Gasteiger partial charge in [0, 0.05) is 36.8 Å². The normalized spacial score (nSPS) is 14.0. The third kappa shape index (κ3) is 5.02. The minimum absolute atomic E-state index is 0.00574. The highest BCUT2D eigenvalue weighted by atomic mass is 32.2. The molecule has 6 aromatic rings. The van der Waals surface area contributed by atoms with E-state index < -0.39 is 10.0 Å². The number of benzene rings is 3. The van der Waals surface area contributed by atoms with Gasteiger partial charge < -0.3 is 9.47 Å². The summed E-state index contributed by atoms with van der Waals surface area (Å²) in [6.07, 6.45) is 6.68. The molecule has 0 bridgehead atoms. The van der Waals surface area contributed by atoms with Crippen LogP contribution in [0.4, 0.5) is 0 Å². The number of hydrogen-bond donors (Lipinski definition) is 0. The van der Waals surface area contributed by atoms with Crippen molar-refractivity contribution in [2.45, 2.75) is 23.8 Å². The van der Waals surface area contributed by atoms with Gasteiger partial charge in [-0.15, -0.1) is 0 Å². The molecule has 9 nitrogen and oxygen atoms in total. The summed E-state index contributed by atoms with van der Waals surface area (Å²) < 4.78 is 43.0. The monoisotopic (exact) mass is 601 g/mol. The largest absolute Gasteiger partial charge is 0.489 e. The standard InChI is InChI=1S/C34H27N5O4S/c35-23-26-21-25(9-12-33(26)43-28-14-19-42-20-15-28)30-13-17-36-34-31(30)22-32(39(34)44(40,41)29-5-2-1-3-6-29)24-7-10-27(11-8-24)38-18-4-16-37-38/h1-13,16-18,21-22,28H,14-15,19-20H2. The lowest BCUT2D eigenvalue weighted by Crippen LogP contribution is -2.26. The molecule has 0 atom stereocenters. The van der Waals surface area contributed by atoms with E-state index in [9.17, 15) is 13.7 Å². The lowest BCUT2D eigenvalue weighted by molar-refractivity contribution is 0.0254. The van der Waals surface area contributed by atoms with Gasteiger partial charge in [0.25, 0.3) is 10.0 Å². The minimum Gasteiger partial charge on any atom is -0.489 e. The Balaban J connectivity index is 1.38. The third-order valence-electron chi connectivity index (χ3n) is 7.75. The number of hydrogen-bond acceptors (Lipinski definition) is 7. The second-order valence-corrected chi connectivity index (χ2v) is 12.2. The molecule has 0 aliphatic carbocycles. The molecule has 7 rings (SSSR count). The number of nitriles is 1. The summed E-state index contributed by atoms with van der Waals surface area (Å²) >= 11 is 0. The van der Waals surface area contributed by atoms with Crippen molar-refractivity contribution < 1.29 is 17.9 Å². The van der Waals surface area contributed by atoms with Crippen molar-refractivity contribution in [1.82, 2.24) is 18.7 Å². The first-order chi connectivity index (χ1) is 21.5. The summed E-state index contributed by atoms with van der Waals surface area (Å²) in [6, 6.07) is 29.1. The molecule has 1 aliphatic heterocycles. The summed E-state index contributed by atoms with van der Waals surface area (Å²) in [5, 5.41) is 14.9. The Morgan fingerprint density at radius 1 is 0.886 bits per heavy atom. The fraction of sp³-hybridized carbons (Fsp3) is 0.147. The van der Waals surface area contributed by atoms with Crippen LogP contribution in [0.25, 0.3) is 39.1 Å². The molecule has 0 spiro atoms. The SMILES string of the molecule is N#Cc1cc(-c2ccnc3c2cc(-c2ccc(-n4cccn4)cc2)n3S(=O)(=O)c2ccccc2)ccc1OC1CCOCC1. The molecule has 1 fully saturated rings. The third-order valence-corrected chi connectivity index (χ3v) is 9.47. The van der Waals surface area contributed by atoms with Gasteiger partial charge in [0.05, 0.1) is 35.1 Å². The van der Waals surface area contributed by atoms with Crippen molar-refractivity contribution in [3.8, 4) is 39.9 Å². The van der Waals surface area contributed by atoms with Gasteiger partial charge in [-0.1, -0.05) is 36.4 Å². The van der Waals surface area contributed by atoms with Crippen molar-refractivity contribution in [1.29, 1.82) is 5.26 Å². The maximum absolute atomic E-state index is 14.2. The first kappa shape index (κ1) is 27.6. The Labute approximate surface area is 254 Å². The van der Waals surface area contributed by atoms with Crippen LogP contribution in [0.2, 0.25) is 0 Å². The highest BCUT2D eigenvalue weighted by Crippen LogP contribution is 2.38. The second kappa shape index (κ2) is 11.4. The molecule has 10 heteroatoms. The van der Waals surface area contributed by atoms with Gasteiger partial charge in [-0.2, -0.15) is 10.4 Å². The Bertz CT molecular complexity index is 2090. The molecule has 3 aromatic heterocycles. The minimum atomic E-state index is -4.04. The van der Waals surface area contributed by atoms with E-state index in [1.807, 2.05) is 60.8 Å². The van der Waals surface area contributed by atoms with Crippen LogP contribution in [0.5, 0.6) is 5.75 Å². The number of aromatic nitrogens is 4. The lowest BCUT2D eigenvalue weighted by atomic mass is 10.0. The molecule has 0 N–H and O–H groups in total. The number of nitrogens with zero attached hydrogens (tertiary/aromatic N) is 5. The van der Waals surface area contributed by atoms with Crippen molar-refractivity contribution in [2.24, 2.45) is 0 Å². The van der Waals surface area contributed by atoms with E-state index in [1.165, 1.54) is 3.97 Å². The Morgan fingerprint density at radius 3 is 2.39 bits per heavy atom. The van der Waals surface area contributed by atoms with E-state index in [1.54, 1.807) is 53.5 Å². The van der Waals surface area contributed by atoms with Crippen molar-refractivity contribution in [3.05, 3.63) is 115 Å². The summed E-state index contributed by atoms with van der Waals surface area (Å²) in [5.74, 6) is 0.524. The van der Waals surface area contributed by atoms with Gasteiger partial charge in [0.2, 0.25) is 0 Å². The van der Waals surface area contributed by atoms with Crippen LogP contribution >= 0.6 is 0 Å². The molecular weight excluding hydrogens is 574 g/mol. The fourth-order valence-electron chi connectivity index (χ4n) is 5.54. The molecule has 1 saturated heterocycles. The fourth-order valence-corrected chi connectivity index (χ4v) is 7.04. The second-order valence-electron chi connectivity index (χ2n) is 10.5. The lowest BCUT2D eigenvalue weighted by Gasteiger charge is -2.23. The molecular formula is C34H27N5O4S. The zero-order valence-corrected chi connectivity index (χ0v) is 24.4. The van der Waals surface area contributed by atoms with E-state index >= 15 is 0 Å². The topological polar surface area (TPSA) is 112 Å². The first-order valence-corrected chi connectivity index (χ1v) is 15.7. The van der Waals surface area contributed by atoms with Gasteiger partial charge in [-0.3, -0.25) is 0 Å². The van der Waals surface area contributed by atoms with Gasteiger partial charge in [0.15, 0.2) is 5.65 Å². The summed E-state index contributed by atoms with van der Waals surface area (Å²) in [5.41, 5.74) is 4.21. The maximum atomic E-state index is 14.2. The van der Waals surface area contributed by atoms with Crippen LogP contribution in [-0.2, 0) is 14.8 Å². The molecule has 0 radical (unpaired) electrons. The van der Waals surface area contributed by atoms with Gasteiger partial charge in [-0.05, 0) is 71.3 Å². The number of fused-ring (bicyclic) bond motifs is 1. The van der Waals surface area contributed by atoms with E-state index in [4.69, 9.17) is 9.47 Å². The van der Waals surface area contributed by atoms with Crippen LogP contribution in [0, 0.1) is 11.3 Å². The number of rotatable bonds is 7. The van der Waals surface area contributed by atoms with Crippen LogP contribution in [-0.4, -0.2) is 46.5 Å². The molecule has 3 aromatic carbocycles. The van der Waals surface area contributed by atoms with Crippen molar-refractivity contribution in [2.75, 3.05) is 13.2 Å². The number of ether oxygens (including phenoxy) is 2. The highest BCUT2D eigenvalue weighted by Gasteiger charge is 2.26. The van der Waals surface area contributed by atoms with Gasteiger partial charge >= 0.3 is 0 Å². The maximum Gasteiger partial charge on any atom is 0.269 e. The van der Waals surface area contributed by atoms with Crippen LogP contribution < -0.4 is 4.74 Å². The Hall–Kier alpha value is -5.24. The van der Waals surface area contributed by atoms with E-state index in [0.717, 1.165) is 29.7 Å². The van der Waals surface area contributed by atoms with Crippen molar-refractivity contribution >= 4 is 21.1 Å². The Morgan fingerprint density at radius 2 is 1.66 bits per heavy atom. The smallest absolute Gasteiger partial charge is 0.269 e. The number of pyridine rings is 1. The Kier molecular flexibility index (Phi) is 7.18. The molecule has 1 aliphatic rings. The quantitative estimate of drug-likeness (QED) is 0.213. The van der Waals surface area contributed by atoms with Gasteiger partial charge in [-0.25, -0.2) is 22.1 Å². The molecule has 218 valence electrons. The van der Waals surface area contributed by atoms with Crippen molar-refractivity contribution in [3.63, 3.8) is 0 Å². The highest BCUT2D eigenvalue weighted by molar-refractivity contribution is 7.90. The summed E-state index contributed by atoms with van der Waals surface area (Å²) in [4.78, 5) is 4.72. The first-order valence-electron chi connectivity index (χ1n) is 14.2. The molecule has 0 amide bonds. The molecule has 4 heterocycles. The summed E-state index contributed by atoms with van der Waals surface area (Å²) in [6.45, 7) is 1.27. The van der Waals surface area contributed by atoms with E-state index in [2.05, 4.69) is 16.2 Å². The van der Waals surface area contributed by atoms with Gasteiger partial charge in [0.1, 0.15) is 17.9 Å². The predicted molar refractivity (Wildman–Crippen MR) is 166 cm³/mol. The molecule has 0 saturated carbocycles. The van der Waals surface area contributed by atoms with Crippen LogP contribution in [0.3, 0.4) is 0 Å². The van der Waals surface area contributed by atoms with Crippen LogP contribution in [0.1, 0.15) is 18.4 Å². The average molecular weight is 602 g/mol. The average Bonchev–Trinajstić information content (AvgIpc) is 3.75. The zero-order valence-electron chi connectivity index (χ0n) is 23.6.